The molecule has 0 unspecified atom stereocenters. The highest BCUT2D eigenvalue weighted by Gasteiger charge is 2.19. The fourth-order valence-corrected chi connectivity index (χ4v) is 2.31. The predicted octanol–water partition coefficient (Wildman–Crippen LogP) is 2.54. The van der Waals surface area contributed by atoms with E-state index < -0.39 is 5.97 Å². The molecule has 124 valence electrons. The minimum absolute atomic E-state index is 0.133. The van der Waals surface area contributed by atoms with Crippen LogP contribution in [0.15, 0.2) is 42.5 Å². The summed E-state index contributed by atoms with van der Waals surface area (Å²) in [5.74, 6) is 0.184. The Morgan fingerprint density at radius 2 is 1.92 bits per heavy atom. The van der Waals surface area contributed by atoms with E-state index >= 15 is 0 Å². The summed E-state index contributed by atoms with van der Waals surface area (Å²) in [6.07, 6.45) is 0. The summed E-state index contributed by atoms with van der Waals surface area (Å²) >= 11 is 0. The second-order valence-electron chi connectivity index (χ2n) is 5.44. The molecule has 24 heavy (non-hydrogen) atoms. The number of rotatable bonds is 4. The number of anilines is 1. The standard InChI is InChI=1S/C18H17NO5/c1-12-4-3-5-14(8-12)19(2)17(20)10-22-18(21)13-6-7-15-16(9-13)24-11-23-15/h3-9H,10-11H2,1-2H3. The second kappa shape index (κ2) is 6.62. The largest absolute Gasteiger partial charge is 0.454 e. The van der Waals surface area contributed by atoms with Crippen LogP contribution in [0.4, 0.5) is 5.69 Å². The number of likely N-dealkylation sites (N-methyl/N-ethyl adjacent to an activating group) is 1. The Balaban J connectivity index is 1.60. The maximum Gasteiger partial charge on any atom is 0.338 e. The van der Waals surface area contributed by atoms with Gasteiger partial charge in [-0.1, -0.05) is 12.1 Å². The third-order valence-corrected chi connectivity index (χ3v) is 3.70. The molecule has 2 aromatic carbocycles. The molecular formula is C18H17NO5. The molecule has 0 N–H and O–H groups in total. The summed E-state index contributed by atoms with van der Waals surface area (Å²) in [6, 6.07) is 12.3. The van der Waals surface area contributed by atoms with Crippen LogP contribution in [0.1, 0.15) is 15.9 Å². The summed E-state index contributed by atoms with van der Waals surface area (Å²) in [5, 5.41) is 0. The molecule has 0 saturated carbocycles. The molecule has 1 heterocycles. The number of nitrogens with zero attached hydrogens (tertiary/aromatic N) is 1. The van der Waals surface area contributed by atoms with E-state index in [0.29, 0.717) is 17.1 Å². The van der Waals surface area contributed by atoms with Crippen LogP contribution in [-0.4, -0.2) is 32.3 Å². The lowest BCUT2D eigenvalue weighted by Crippen LogP contribution is -2.31. The normalized spacial score (nSPS) is 11.9. The van der Waals surface area contributed by atoms with E-state index in [1.807, 2.05) is 31.2 Å². The van der Waals surface area contributed by atoms with Gasteiger partial charge in [0.2, 0.25) is 6.79 Å². The molecule has 6 heteroatoms. The average Bonchev–Trinajstić information content (AvgIpc) is 3.06. The highest BCUT2D eigenvalue weighted by molar-refractivity contribution is 5.97. The third kappa shape index (κ3) is 3.32. The van der Waals surface area contributed by atoms with E-state index in [0.717, 1.165) is 11.3 Å². The van der Waals surface area contributed by atoms with Gasteiger partial charge >= 0.3 is 5.97 Å². The Kier molecular flexibility index (Phi) is 4.37. The van der Waals surface area contributed by atoms with Crippen LogP contribution in [0.25, 0.3) is 0 Å². The number of fused-ring (bicyclic) bond motifs is 1. The van der Waals surface area contributed by atoms with E-state index in [1.54, 1.807) is 25.2 Å². The highest BCUT2D eigenvalue weighted by atomic mass is 16.7. The van der Waals surface area contributed by atoms with E-state index in [2.05, 4.69) is 0 Å². The van der Waals surface area contributed by atoms with Crippen LogP contribution in [-0.2, 0) is 9.53 Å². The topological polar surface area (TPSA) is 65.1 Å². The molecule has 0 aliphatic carbocycles. The molecule has 6 nitrogen and oxygen atoms in total. The fourth-order valence-electron chi connectivity index (χ4n) is 2.31. The fraction of sp³-hybridized carbons (Fsp3) is 0.222. The van der Waals surface area contributed by atoms with Crippen LogP contribution >= 0.6 is 0 Å². The summed E-state index contributed by atoms with van der Waals surface area (Å²) in [7, 11) is 1.64. The van der Waals surface area contributed by atoms with Crippen molar-refractivity contribution < 1.29 is 23.8 Å². The van der Waals surface area contributed by atoms with Gasteiger partial charge in [0, 0.05) is 12.7 Å². The molecule has 0 bridgehead atoms. The summed E-state index contributed by atoms with van der Waals surface area (Å²) in [5.41, 5.74) is 2.11. The summed E-state index contributed by atoms with van der Waals surface area (Å²) in [4.78, 5) is 25.7. The molecule has 0 fully saturated rings. The van der Waals surface area contributed by atoms with E-state index in [1.165, 1.54) is 4.90 Å². The first-order chi connectivity index (χ1) is 11.5. The first-order valence-corrected chi connectivity index (χ1v) is 7.44. The Morgan fingerprint density at radius 1 is 1.12 bits per heavy atom. The van der Waals surface area contributed by atoms with Gasteiger partial charge in [0.25, 0.3) is 5.91 Å². The number of aryl methyl sites for hydroxylation is 1. The number of ether oxygens (including phenoxy) is 3. The number of esters is 1. The maximum absolute atomic E-state index is 12.2. The van der Waals surface area contributed by atoms with E-state index in [-0.39, 0.29) is 19.3 Å². The summed E-state index contributed by atoms with van der Waals surface area (Å²) < 4.78 is 15.5. The third-order valence-electron chi connectivity index (χ3n) is 3.70. The lowest BCUT2D eigenvalue weighted by Gasteiger charge is -2.17. The Labute approximate surface area is 139 Å². The van der Waals surface area contributed by atoms with Crippen molar-refractivity contribution in [3.63, 3.8) is 0 Å². The number of benzene rings is 2. The maximum atomic E-state index is 12.2. The number of hydrogen-bond acceptors (Lipinski definition) is 5. The first kappa shape index (κ1) is 15.9. The van der Waals surface area contributed by atoms with Gasteiger partial charge in [-0.2, -0.15) is 0 Å². The van der Waals surface area contributed by atoms with Crippen LogP contribution in [0.3, 0.4) is 0 Å². The van der Waals surface area contributed by atoms with Gasteiger partial charge in [-0.05, 0) is 42.8 Å². The van der Waals surface area contributed by atoms with Crippen molar-refractivity contribution in [3.05, 3.63) is 53.6 Å². The van der Waals surface area contributed by atoms with Gasteiger partial charge in [0.05, 0.1) is 5.56 Å². The number of hydrogen-bond donors (Lipinski definition) is 0. The molecular weight excluding hydrogens is 310 g/mol. The zero-order chi connectivity index (χ0) is 17.1. The quantitative estimate of drug-likeness (QED) is 0.808. The van der Waals surface area contributed by atoms with Gasteiger partial charge in [-0.3, -0.25) is 4.79 Å². The Morgan fingerprint density at radius 3 is 2.71 bits per heavy atom. The zero-order valence-electron chi connectivity index (χ0n) is 13.4. The molecule has 1 aliphatic heterocycles. The predicted molar refractivity (Wildman–Crippen MR) is 87.4 cm³/mol. The molecule has 1 aliphatic rings. The van der Waals surface area contributed by atoms with Crippen LogP contribution in [0, 0.1) is 6.92 Å². The Bertz CT molecular complexity index is 787. The molecule has 0 saturated heterocycles. The van der Waals surface area contributed by atoms with Gasteiger partial charge in [-0.25, -0.2) is 4.79 Å². The van der Waals surface area contributed by atoms with Crippen molar-refractivity contribution in [2.24, 2.45) is 0 Å². The summed E-state index contributed by atoms with van der Waals surface area (Å²) in [6.45, 7) is 1.74. The van der Waals surface area contributed by atoms with Crippen molar-refractivity contribution >= 4 is 17.6 Å². The van der Waals surface area contributed by atoms with Gasteiger partial charge < -0.3 is 19.1 Å². The SMILES string of the molecule is Cc1cccc(N(C)C(=O)COC(=O)c2ccc3c(c2)OCO3)c1. The van der Waals surface area contributed by atoms with Crippen molar-refractivity contribution in [1.29, 1.82) is 0 Å². The van der Waals surface area contributed by atoms with Crippen molar-refractivity contribution in [3.8, 4) is 11.5 Å². The zero-order valence-corrected chi connectivity index (χ0v) is 13.4. The van der Waals surface area contributed by atoms with Gasteiger partial charge in [0.15, 0.2) is 18.1 Å². The molecule has 0 radical (unpaired) electrons. The highest BCUT2D eigenvalue weighted by Crippen LogP contribution is 2.32. The average molecular weight is 327 g/mol. The van der Waals surface area contributed by atoms with E-state index in [4.69, 9.17) is 14.2 Å². The van der Waals surface area contributed by atoms with E-state index in [9.17, 15) is 9.59 Å². The number of carbonyl (C=O) groups excluding carboxylic acids is 2. The lowest BCUT2D eigenvalue weighted by atomic mass is 10.2. The van der Waals surface area contributed by atoms with Crippen LogP contribution in [0.2, 0.25) is 0 Å². The second-order valence-corrected chi connectivity index (χ2v) is 5.44. The van der Waals surface area contributed by atoms with Gasteiger partial charge in [0.1, 0.15) is 0 Å². The molecule has 0 spiro atoms. The monoisotopic (exact) mass is 327 g/mol. The first-order valence-electron chi connectivity index (χ1n) is 7.44. The molecule has 0 aromatic heterocycles. The molecule has 1 amide bonds. The molecule has 2 aromatic rings. The number of amides is 1. The van der Waals surface area contributed by atoms with Crippen molar-refractivity contribution in [2.45, 2.75) is 6.92 Å². The minimum atomic E-state index is -0.584. The minimum Gasteiger partial charge on any atom is -0.454 e. The lowest BCUT2D eigenvalue weighted by molar-refractivity contribution is -0.121. The Hall–Kier alpha value is -3.02. The van der Waals surface area contributed by atoms with Crippen molar-refractivity contribution in [2.75, 3.05) is 25.3 Å². The van der Waals surface area contributed by atoms with Crippen LogP contribution in [0.5, 0.6) is 11.5 Å². The molecule has 0 atom stereocenters. The van der Waals surface area contributed by atoms with Gasteiger partial charge in [-0.15, -0.1) is 0 Å². The molecule has 3 rings (SSSR count). The van der Waals surface area contributed by atoms with Crippen molar-refractivity contribution in [1.82, 2.24) is 0 Å². The number of carbonyl (C=O) groups is 2. The van der Waals surface area contributed by atoms with Crippen LogP contribution < -0.4 is 14.4 Å². The smallest absolute Gasteiger partial charge is 0.338 e.